The van der Waals surface area contributed by atoms with Crippen LogP contribution in [0.2, 0.25) is 6.82 Å². The van der Waals surface area contributed by atoms with E-state index in [1.165, 1.54) is 19.8 Å². The van der Waals surface area contributed by atoms with Crippen molar-refractivity contribution in [2.45, 2.75) is 59.6 Å². The first-order chi connectivity index (χ1) is 8.69. The van der Waals surface area contributed by atoms with Crippen molar-refractivity contribution in [1.82, 2.24) is 0 Å². The summed E-state index contributed by atoms with van der Waals surface area (Å²) in [6.07, 6.45) is 5.19. The van der Waals surface area contributed by atoms with Gasteiger partial charge in [0.15, 0.2) is 5.78 Å². The van der Waals surface area contributed by atoms with E-state index in [9.17, 15) is 4.79 Å². The summed E-state index contributed by atoms with van der Waals surface area (Å²) in [6, 6.07) is 0. The molecule has 0 aromatic rings. The van der Waals surface area contributed by atoms with Crippen LogP contribution in [0.1, 0.15) is 41.5 Å². The SMILES string of the molecule is C/C=C(/C=C/C(C)=O)B1OC(C)(C)C(C)(C)O1.[B]C. The summed E-state index contributed by atoms with van der Waals surface area (Å²) in [5.41, 5.74) is 0.172. The summed E-state index contributed by atoms with van der Waals surface area (Å²) in [7, 11) is 4.10. The van der Waals surface area contributed by atoms with Gasteiger partial charge in [0, 0.05) is 0 Å². The number of ketones is 1. The zero-order valence-corrected chi connectivity index (χ0v) is 13.1. The van der Waals surface area contributed by atoms with Crippen LogP contribution >= 0.6 is 0 Å². The second-order valence-corrected chi connectivity index (χ2v) is 5.32. The number of rotatable bonds is 3. The third kappa shape index (κ3) is 4.66. The van der Waals surface area contributed by atoms with Crippen LogP contribution in [-0.2, 0) is 14.1 Å². The molecule has 0 aromatic carbocycles. The maximum absolute atomic E-state index is 10.9. The van der Waals surface area contributed by atoms with Crippen LogP contribution in [0, 0.1) is 0 Å². The van der Waals surface area contributed by atoms with Crippen molar-refractivity contribution in [3.05, 3.63) is 23.7 Å². The third-order valence-corrected chi connectivity index (χ3v) is 3.37. The van der Waals surface area contributed by atoms with E-state index in [2.05, 4.69) is 7.85 Å². The summed E-state index contributed by atoms with van der Waals surface area (Å²) >= 11 is 0. The Morgan fingerprint density at radius 3 is 1.79 bits per heavy atom. The van der Waals surface area contributed by atoms with Gasteiger partial charge in [0.1, 0.15) is 0 Å². The van der Waals surface area contributed by atoms with Gasteiger partial charge < -0.3 is 9.31 Å². The minimum absolute atomic E-state index is 0.0147. The summed E-state index contributed by atoms with van der Waals surface area (Å²) < 4.78 is 11.8. The van der Waals surface area contributed by atoms with E-state index in [-0.39, 0.29) is 17.0 Å². The molecule has 0 aliphatic carbocycles. The Labute approximate surface area is 119 Å². The van der Waals surface area contributed by atoms with Gasteiger partial charge in [0.25, 0.3) is 0 Å². The molecular weight excluding hydrogens is 238 g/mol. The van der Waals surface area contributed by atoms with Gasteiger partial charge in [-0.25, -0.2) is 0 Å². The van der Waals surface area contributed by atoms with Crippen LogP contribution < -0.4 is 0 Å². The molecule has 104 valence electrons. The summed E-state index contributed by atoms with van der Waals surface area (Å²) in [6.45, 7) is 13.0. The quantitative estimate of drug-likeness (QED) is 0.445. The lowest BCUT2D eigenvalue weighted by Gasteiger charge is -2.32. The number of hydrogen-bond acceptors (Lipinski definition) is 3. The molecule has 0 aromatic heterocycles. The topological polar surface area (TPSA) is 35.5 Å². The first kappa shape index (κ1) is 18.2. The fraction of sp³-hybridized carbons (Fsp3) is 0.643. The molecule has 0 bridgehead atoms. The number of allylic oxidation sites excluding steroid dienone is 4. The highest BCUT2D eigenvalue weighted by atomic mass is 16.7. The summed E-state index contributed by atoms with van der Waals surface area (Å²) in [4.78, 5) is 10.9. The minimum atomic E-state index is -0.402. The van der Waals surface area contributed by atoms with Gasteiger partial charge in [-0.15, -0.1) is 0 Å². The van der Waals surface area contributed by atoms with Crippen molar-refractivity contribution >= 4 is 20.7 Å². The van der Waals surface area contributed by atoms with Crippen molar-refractivity contribution in [2.75, 3.05) is 0 Å². The molecule has 1 fully saturated rings. The third-order valence-electron chi connectivity index (χ3n) is 3.37. The fourth-order valence-corrected chi connectivity index (χ4v) is 1.50. The van der Waals surface area contributed by atoms with Crippen LogP contribution in [0.25, 0.3) is 0 Å². The van der Waals surface area contributed by atoms with E-state index < -0.39 is 7.12 Å². The van der Waals surface area contributed by atoms with Crippen LogP contribution in [0.15, 0.2) is 23.7 Å². The molecular formula is C14H24B2O3. The van der Waals surface area contributed by atoms with Crippen LogP contribution in [0.3, 0.4) is 0 Å². The molecule has 1 heterocycles. The molecule has 1 rings (SSSR count). The van der Waals surface area contributed by atoms with Gasteiger partial charge in [0.2, 0.25) is 0 Å². The Balaban J connectivity index is 0.00000154. The Kier molecular flexibility index (Phi) is 6.81. The molecule has 0 unspecified atom stereocenters. The molecule has 19 heavy (non-hydrogen) atoms. The van der Waals surface area contributed by atoms with Crippen molar-refractivity contribution in [2.24, 2.45) is 0 Å². The van der Waals surface area contributed by atoms with Crippen molar-refractivity contribution in [3.63, 3.8) is 0 Å². The molecule has 5 heteroatoms. The first-order valence-electron chi connectivity index (χ1n) is 6.48. The van der Waals surface area contributed by atoms with E-state index in [4.69, 9.17) is 9.31 Å². The molecule has 0 amide bonds. The smallest absolute Gasteiger partial charge is 0.399 e. The molecule has 2 radical (unpaired) electrons. The monoisotopic (exact) mass is 262 g/mol. The molecule has 0 spiro atoms. The maximum atomic E-state index is 10.9. The number of carbonyl (C=O) groups excluding carboxylic acids is 1. The van der Waals surface area contributed by atoms with Gasteiger partial charge in [-0.2, -0.15) is 0 Å². The van der Waals surface area contributed by atoms with Crippen LogP contribution in [-0.4, -0.2) is 32.0 Å². The highest BCUT2D eigenvalue weighted by Gasteiger charge is 2.51. The highest BCUT2D eigenvalue weighted by Crippen LogP contribution is 2.38. The molecule has 1 aliphatic rings. The molecule has 1 aliphatic heterocycles. The van der Waals surface area contributed by atoms with Crippen molar-refractivity contribution in [1.29, 1.82) is 0 Å². The van der Waals surface area contributed by atoms with Gasteiger partial charge >= 0.3 is 7.12 Å². The van der Waals surface area contributed by atoms with E-state index in [0.717, 1.165) is 5.47 Å². The second kappa shape index (κ2) is 7.11. The fourth-order valence-electron chi connectivity index (χ4n) is 1.50. The van der Waals surface area contributed by atoms with Gasteiger partial charge in [-0.1, -0.05) is 19.0 Å². The lowest BCUT2D eigenvalue weighted by molar-refractivity contribution is -0.112. The predicted molar refractivity (Wildman–Crippen MR) is 81.3 cm³/mol. The van der Waals surface area contributed by atoms with E-state index in [0.29, 0.717) is 0 Å². The predicted octanol–water partition coefficient (Wildman–Crippen LogP) is 2.91. The number of carbonyl (C=O) groups is 1. The van der Waals surface area contributed by atoms with Gasteiger partial charge in [0.05, 0.1) is 19.0 Å². The van der Waals surface area contributed by atoms with Crippen molar-refractivity contribution < 1.29 is 14.1 Å². The Hall–Kier alpha value is -0.800. The molecule has 0 saturated carbocycles. The second-order valence-electron chi connectivity index (χ2n) is 5.32. The molecule has 0 atom stereocenters. The summed E-state index contributed by atoms with van der Waals surface area (Å²) in [5.74, 6) is 0.0147. The van der Waals surface area contributed by atoms with E-state index in [1.807, 2.05) is 40.7 Å². The zero-order valence-electron chi connectivity index (χ0n) is 13.1. The maximum Gasteiger partial charge on any atom is 0.494 e. The first-order valence-corrected chi connectivity index (χ1v) is 6.48. The zero-order chi connectivity index (χ0) is 15.3. The molecule has 3 nitrogen and oxygen atoms in total. The van der Waals surface area contributed by atoms with E-state index in [1.54, 1.807) is 6.08 Å². The standard InChI is InChI=1S/C13H21BO3.CH3B/c1-7-11(9-8-10(2)15)14-16-12(3,4)13(5,6)17-14;1-2/h7-9H,1-6H3;1H3/b9-8+,11-7-;. The van der Waals surface area contributed by atoms with Crippen LogP contribution in [0.4, 0.5) is 0 Å². The summed E-state index contributed by atoms with van der Waals surface area (Å²) in [5, 5.41) is 0. The molecule has 1 saturated heterocycles. The van der Waals surface area contributed by atoms with E-state index >= 15 is 0 Å². The normalized spacial score (nSPS) is 21.2. The Morgan fingerprint density at radius 1 is 1.05 bits per heavy atom. The molecule has 0 N–H and O–H groups in total. The number of hydrogen-bond donors (Lipinski definition) is 0. The largest absolute Gasteiger partial charge is 0.494 e. The average Bonchev–Trinajstić information content (AvgIpc) is 2.51. The Bertz CT molecular complexity index is 355. The lowest BCUT2D eigenvalue weighted by atomic mass is 9.77. The van der Waals surface area contributed by atoms with Crippen LogP contribution in [0.5, 0.6) is 0 Å². The Morgan fingerprint density at radius 2 is 1.47 bits per heavy atom. The lowest BCUT2D eigenvalue weighted by Crippen LogP contribution is -2.41. The van der Waals surface area contributed by atoms with Gasteiger partial charge in [-0.3, -0.25) is 4.79 Å². The van der Waals surface area contributed by atoms with Gasteiger partial charge in [-0.05, 0) is 53.1 Å². The average molecular weight is 262 g/mol. The van der Waals surface area contributed by atoms with Crippen molar-refractivity contribution in [3.8, 4) is 0 Å². The highest BCUT2D eigenvalue weighted by molar-refractivity contribution is 6.55. The minimum Gasteiger partial charge on any atom is -0.399 e.